The standard InChI is InChI=1S/C20H23N3O4/c1-14(24)15-4-6-17(7-5-15)26-13-18-11-19(21-27-18)20(25)23-10-9-22-8-2-3-16(22)12-23/h4-7,11,16H,2-3,8-10,12-13H2,1H3/t16-/m0/s1. The summed E-state index contributed by atoms with van der Waals surface area (Å²) in [5, 5.41) is 3.92. The summed E-state index contributed by atoms with van der Waals surface area (Å²) in [7, 11) is 0. The lowest BCUT2D eigenvalue weighted by Gasteiger charge is -2.37. The molecule has 2 fully saturated rings. The molecule has 2 aromatic rings. The highest BCUT2D eigenvalue weighted by atomic mass is 16.5. The van der Waals surface area contributed by atoms with E-state index in [-0.39, 0.29) is 18.3 Å². The molecule has 1 amide bonds. The molecule has 0 radical (unpaired) electrons. The summed E-state index contributed by atoms with van der Waals surface area (Å²) >= 11 is 0. The Labute approximate surface area is 157 Å². The van der Waals surface area contributed by atoms with Crippen molar-refractivity contribution in [1.29, 1.82) is 0 Å². The first kappa shape index (κ1) is 17.7. The molecule has 0 unspecified atom stereocenters. The minimum absolute atomic E-state index is 0.0124. The van der Waals surface area contributed by atoms with Crippen LogP contribution in [-0.2, 0) is 6.61 Å². The summed E-state index contributed by atoms with van der Waals surface area (Å²) in [5.74, 6) is 1.05. The van der Waals surface area contributed by atoms with Crippen molar-refractivity contribution in [3.63, 3.8) is 0 Å². The molecule has 0 bridgehead atoms. The molecule has 7 nitrogen and oxygen atoms in total. The quantitative estimate of drug-likeness (QED) is 0.753. The van der Waals surface area contributed by atoms with Crippen molar-refractivity contribution in [1.82, 2.24) is 15.0 Å². The van der Waals surface area contributed by atoms with Gasteiger partial charge in [0.1, 0.15) is 12.4 Å². The number of hydrogen-bond acceptors (Lipinski definition) is 6. The number of carbonyl (C=O) groups excluding carboxylic acids is 2. The van der Waals surface area contributed by atoms with Crippen molar-refractivity contribution < 1.29 is 18.8 Å². The van der Waals surface area contributed by atoms with Gasteiger partial charge in [-0.2, -0.15) is 0 Å². The monoisotopic (exact) mass is 369 g/mol. The number of hydrogen-bond donors (Lipinski definition) is 0. The predicted octanol–water partition coefficient (Wildman–Crippen LogP) is 2.38. The Balaban J connectivity index is 1.34. The van der Waals surface area contributed by atoms with Gasteiger partial charge in [0.15, 0.2) is 17.2 Å². The molecular weight excluding hydrogens is 346 g/mol. The second-order valence-corrected chi connectivity index (χ2v) is 7.13. The van der Waals surface area contributed by atoms with Gasteiger partial charge in [-0.3, -0.25) is 14.5 Å². The number of piperazine rings is 1. The van der Waals surface area contributed by atoms with E-state index in [1.54, 1.807) is 30.3 Å². The van der Waals surface area contributed by atoms with Crippen molar-refractivity contribution in [2.45, 2.75) is 32.4 Å². The third-order valence-electron chi connectivity index (χ3n) is 5.29. The molecule has 0 N–H and O–H groups in total. The lowest BCUT2D eigenvalue weighted by Crippen LogP contribution is -2.52. The minimum Gasteiger partial charge on any atom is -0.486 e. The third kappa shape index (κ3) is 3.88. The molecule has 27 heavy (non-hydrogen) atoms. The van der Waals surface area contributed by atoms with Gasteiger partial charge in [-0.1, -0.05) is 5.16 Å². The van der Waals surface area contributed by atoms with E-state index in [9.17, 15) is 9.59 Å². The van der Waals surface area contributed by atoms with E-state index in [1.807, 2.05) is 4.90 Å². The van der Waals surface area contributed by atoms with Crippen LogP contribution in [0.3, 0.4) is 0 Å². The Morgan fingerprint density at radius 3 is 2.81 bits per heavy atom. The molecular formula is C20H23N3O4. The van der Waals surface area contributed by atoms with Crippen LogP contribution < -0.4 is 4.74 Å². The molecule has 0 aliphatic carbocycles. The van der Waals surface area contributed by atoms with Crippen LogP contribution in [-0.4, -0.2) is 58.9 Å². The van der Waals surface area contributed by atoms with Crippen molar-refractivity contribution in [3.8, 4) is 5.75 Å². The number of Topliss-reactive ketones (excluding diaryl/α,β-unsaturated/α-hetero) is 1. The van der Waals surface area contributed by atoms with Gasteiger partial charge in [0.2, 0.25) is 0 Å². The highest BCUT2D eigenvalue weighted by molar-refractivity contribution is 5.94. The van der Waals surface area contributed by atoms with E-state index in [1.165, 1.54) is 13.3 Å². The highest BCUT2D eigenvalue weighted by Crippen LogP contribution is 2.22. The zero-order chi connectivity index (χ0) is 18.8. The maximum atomic E-state index is 12.7. The fourth-order valence-electron chi connectivity index (χ4n) is 3.76. The summed E-state index contributed by atoms with van der Waals surface area (Å²) in [5.41, 5.74) is 0.962. The topological polar surface area (TPSA) is 75.9 Å². The van der Waals surface area contributed by atoms with Gasteiger partial charge >= 0.3 is 0 Å². The fraction of sp³-hybridized carbons (Fsp3) is 0.450. The lowest BCUT2D eigenvalue weighted by atomic mass is 10.1. The van der Waals surface area contributed by atoms with Crippen LogP contribution in [0.1, 0.15) is 46.4 Å². The van der Waals surface area contributed by atoms with Crippen LogP contribution in [0.15, 0.2) is 34.9 Å². The number of nitrogens with zero attached hydrogens (tertiary/aromatic N) is 3. The number of amides is 1. The normalized spacial score (nSPS) is 19.7. The summed E-state index contributed by atoms with van der Waals surface area (Å²) < 4.78 is 10.9. The average Bonchev–Trinajstić information content (AvgIpc) is 3.34. The van der Waals surface area contributed by atoms with Crippen LogP contribution in [0.4, 0.5) is 0 Å². The number of fused-ring (bicyclic) bond motifs is 1. The molecule has 142 valence electrons. The Bertz CT molecular complexity index is 830. The first-order chi connectivity index (χ1) is 13.1. The third-order valence-corrected chi connectivity index (χ3v) is 5.29. The zero-order valence-electron chi connectivity index (χ0n) is 15.4. The number of rotatable bonds is 5. The molecule has 2 aliphatic heterocycles. The second kappa shape index (κ2) is 7.52. The molecule has 1 atom stereocenters. The SMILES string of the molecule is CC(=O)c1ccc(OCc2cc(C(=O)N3CCN4CCC[C@H]4C3)no2)cc1. The van der Waals surface area contributed by atoms with Crippen LogP contribution in [0, 0.1) is 0 Å². The molecule has 0 spiro atoms. The number of carbonyl (C=O) groups is 2. The largest absolute Gasteiger partial charge is 0.486 e. The van der Waals surface area contributed by atoms with Crippen LogP contribution in [0.5, 0.6) is 5.75 Å². The second-order valence-electron chi connectivity index (χ2n) is 7.13. The number of ketones is 1. The Morgan fingerprint density at radius 1 is 1.22 bits per heavy atom. The van der Waals surface area contributed by atoms with Crippen LogP contribution in [0.2, 0.25) is 0 Å². The van der Waals surface area contributed by atoms with E-state index in [4.69, 9.17) is 9.26 Å². The van der Waals surface area contributed by atoms with Crippen LogP contribution >= 0.6 is 0 Å². The van der Waals surface area contributed by atoms with Gasteiger partial charge in [-0.05, 0) is 50.6 Å². The summed E-state index contributed by atoms with van der Waals surface area (Å²) in [6.07, 6.45) is 2.37. The zero-order valence-corrected chi connectivity index (χ0v) is 15.4. The molecule has 7 heteroatoms. The van der Waals surface area contributed by atoms with E-state index in [0.29, 0.717) is 28.8 Å². The molecule has 1 aromatic heterocycles. The summed E-state index contributed by atoms with van der Waals surface area (Å²) in [6.45, 7) is 5.27. The molecule has 3 heterocycles. The number of aromatic nitrogens is 1. The fourth-order valence-corrected chi connectivity index (χ4v) is 3.76. The summed E-state index contributed by atoms with van der Waals surface area (Å²) in [6, 6.07) is 9.04. The van der Waals surface area contributed by atoms with Crippen LogP contribution in [0.25, 0.3) is 0 Å². The lowest BCUT2D eigenvalue weighted by molar-refractivity contribution is 0.0561. The molecule has 2 saturated heterocycles. The Kier molecular flexibility index (Phi) is 4.94. The number of benzene rings is 1. The summed E-state index contributed by atoms with van der Waals surface area (Å²) in [4.78, 5) is 28.3. The Hall–Kier alpha value is -2.67. The molecule has 4 rings (SSSR count). The van der Waals surface area contributed by atoms with E-state index >= 15 is 0 Å². The maximum Gasteiger partial charge on any atom is 0.276 e. The number of ether oxygens (including phenoxy) is 1. The maximum absolute atomic E-state index is 12.7. The van der Waals surface area contributed by atoms with Crippen molar-refractivity contribution in [2.75, 3.05) is 26.2 Å². The van der Waals surface area contributed by atoms with Gasteiger partial charge in [-0.25, -0.2) is 0 Å². The van der Waals surface area contributed by atoms with E-state index in [0.717, 1.165) is 32.6 Å². The van der Waals surface area contributed by atoms with Gasteiger partial charge in [-0.15, -0.1) is 0 Å². The molecule has 1 aromatic carbocycles. The van der Waals surface area contributed by atoms with Gasteiger partial charge in [0.25, 0.3) is 5.91 Å². The molecule has 0 saturated carbocycles. The Morgan fingerprint density at radius 2 is 2.04 bits per heavy atom. The van der Waals surface area contributed by atoms with E-state index < -0.39 is 0 Å². The highest BCUT2D eigenvalue weighted by Gasteiger charge is 2.33. The van der Waals surface area contributed by atoms with Gasteiger partial charge in [0, 0.05) is 37.3 Å². The first-order valence-corrected chi connectivity index (χ1v) is 9.33. The smallest absolute Gasteiger partial charge is 0.276 e. The average molecular weight is 369 g/mol. The first-order valence-electron chi connectivity index (χ1n) is 9.33. The van der Waals surface area contributed by atoms with Crippen molar-refractivity contribution >= 4 is 11.7 Å². The predicted molar refractivity (Wildman–Crippen MR) is 97.8 cm³/mol. The molecule has 2 aliphatic rings. The minimum atomic E-state index is -0.0811. The van der Waals surface area contributed by atoms with Crippen molar-refractivity contribution in [3.05, 3.63) is 47.3 Å². The van der Waals surface area contributed by atoms with E-state index in [2.05, 4.69) is 10.1 Å². The van der Waals surface area contributed by atoms with Gasteiger partial charge < -0.3 is 14.2 Å². The van der Waals surface area contributed by atoms with Gasteiger partial charge in [0.05, 0.1) is 0 Å². The van der Waals surface area contributed by atoms with Crippen molar-refractivity contribution in [2.24, 2.45) is 0 Å².